The molecule has 2 aliphatic heterocycles. The van der Waals surface area contributed by atoms with Crippen LogP contribution in [0.2, 0.25) is 10.0 Å². The van der Waals surface area contributed by atoms with Gasteiger partial charge in [0, 0.05) is 41.2 Å². The highest BCUT2D eigenvalue weighted by Crippen LogP contribution is 2.49. The molecule has 1 N–H and O–H groups in total. The summed E-state index contributed by atoms with van der Waals surface area (Å²) in [6, 6.07) is 14.0. The molecule has 1 amide bonds. The molecule has 214 valence electrons. The summed E-state index contributed by atoms with van der Waals surface area (Å²) in [6.07, 6.45) is -5.40. The normalized spacial score (nSPS) is 19.6. The van der Waals surface area contributed by atoms with Crippen LogP contribution in [0.3, 0.4) is 0 Å². The van der Waals surface area contributed by atoms with Gasteiger partial charge in [-0.05, 0) is 78.8 Å². The van der Waals surface area contributed by atoms with Gasteiger partial charge in [-0.3, -0.25) is 4.79 Å². The zero-order valence-electron chi connectivity index (χ0n) is 22.6. The summed E-state index contributed by atoms with van der Waals surface area (Å²) >= 11 is 12.0. The van der Waals surface area contributed by atoms with Crippen molar-refractivity contribution in [1.29, 1.82) is 0 Å². The van der Waals surface area contributed by atoms with E-state index in [9.17, 15) is 23.0 Å². The van der Waals surface area contributed by atoms with Crippen molar-refractivity contribution in [1.82, 2.24) is 4.90 Å². The summed E-state index contributed by atoms with van der Waals surface area (Å²) in [5.41, 5.74) is 0.210. The Bertz CT molecular complexity index is 1560. The fourth-order valence-corrected chi connectivity index (χ4v) is 5.88. The number of aryl methyl sites for hydroxylation is 1. The lowest BCUT2D eigenvalue weighted by Crippen LogP contribution is -2.42. The highest BCUT2D eigenvalue weighted by molar-refractivity contribution is 6.62. The van der Waals surface area contributed by atoms with E-state index in [1.165, 1.54) is 11.0 Å². The van der Waals surface area contributed by atoms with E-state index < -0.39 is 30.9 Å². The third-order valence-corrected chi connectivity index (χ3v) is 7.94. The standard InChI is InChI=1S/C29H26BCl2F3N2O4/c1-16-9-18(25-14-28(41-36-25,29(33,34)35)19-11-20(31)13-21(32)12-19)6-7-22(16)26(38)37(4)15-17-5-8-23-24(10-17)30(39)40-27(23,2)3/h5-13,39H,14-15H2,1-4H3. The van der Waals surface area contributed by atoms with Crippen molar-refractivity contribution in [2.24, 2.45) is 5.16 Å². The van der Waals surface area contributed by atoms with E-state index in [0.29, 0.717) is 22.2 Å². The van der Waals surface area contributed by atoms with Crippen LogP contribution in [-0.4, -0.2) is 41.9 Å². The quantitative estimate of drug-likeness (QED) is 0.357. The minimum atomic E-state index is -4.81. The predicted molar refractivity (Wildman–Crippen MR) is 152 cm³/mol. The van der Waals surface area contributed by atoms with E-state index in [1.807, 2.05) is 32.0 Å². The average Bonchev–Trinajstić information content (AvgIpc) is 3.43. The zero-order valence-corrected chi connectivity index (χ0v) is 24.2. The van der Waals surface area contributed by atoms with Crippen LogP contribution in [0.15, 0.2) is 59.8 Å². The van der Waals surface area contributed by atoms with Crippen molar-refractivity contribution in [3.8, 4) is 0 Å². The lowest BCUT2D eigenvalue weighted by molar-refractivity contribution is -0.275. The maximum Gasteiger partial charge on any atom is 0.492 e. The third kappa shape index (κ3) is 5.34. The van der Waals surface area contributed by atoms with Gasteiger partial charge in [-0.15, -0.1) is 0 Å². The summed E-state index contributed by atoms with van der Waals surface area (Å²) in [5.74, 6) is -0.269. The Morgan fingerprint density at radius 2 is 1.78 bits per heavy atom. The summed E-state index contributed by atoms with van der Waals surface area (Å²) in [6.45, 7) is 5.74. The number of nitrogens with zero attached hydrogens (tertiary/aromatic N) is 2. The first-order valence-corrected chi connectivity index (χ1v) is 13.5. The number of halogens is 5. The number of rotatable bonds is 5. The molecule has 0 saturated carbocycles. The highest BCUT2D eigenvalue weighted by Gasteiger charge is 2.62. The number of benzene rings is 3. The van der Waals surface area contributed by atoms with Gasteiger partial charge in [-0.25, -0.2) is 0 Å². The molecule has 12 heteroatoms. The monoisotopic (exact) mass is 604 g/mol. The maximum atomic E-state index is 14.3. The molecule has 0 radical (unpaired) electrons. The summed E-state index contributed by atoms with van der Waals surface area (Å²) < 4.78 is 48.7. The summed E-state index contributed by atoms with van der Waals surface area (Å²) in [5, 5.41) is 14.2. The van der Waals surface area contributed by atoms with Crippen molar-refractivity contribution in [2.45, 2.75) is 51.1 Å². The second-order valence-corrected chi connectivity index (χ2v) is 11.8. The molecule has 0 spiro atoms. The van der Waals surface area contributed by atoms with Crippen molar-refractivity contribution >= 4 is 47.4 Å². The molecule has 0 aromatic heterocycles. The van der Waals surface area contributed by atoms with Crippen LogP contribution in [0.4, 0.5) is 13.2 Å². The van der Waals surface area contributed by atoms with Crippen LogP contribution in [-0.2, 0) is 27.2 Å². The van der Waals surface area contributed by atoms with Gasteiger partial charge in [0.25, 0.3) is 11.5 Å². The Morgan fingerprint density at radius 1 is 1.10 bits per heavy atom. The maximum absolute atomic E-state index is 14.3. The van der Waals surface area contributed by atoms with Gasteiger partial charge in [0.15, 0.2) is 0 Å². The number of oxime groups is 1. The first-order chi connectivity index (χ1) is 19.1. The molecular formula is C29H26BCl2F3N2O4. The molecule has 6 nitrogen and oxygen atoms in total. The van der Waals surface area contributed by atoms with E-state index in [4.69, 9.17) is 32.7 Å². The van der Waals surface area contributed by atoms with Crippen molar-refractivity contribution in [3.63, 3.8) is 0 Å². The Kier molecular flexibility index (Phi) is 7.43. The Hall–Kier alpha value is -3.05. The lowest BCUT2D eigenvalue weighted by Gasteiger charge is -2.29. The molecule has 1 unspecified atom stereocenters. The van der Waals surface area contributed by atoms with Crippen molar-refractivity contribution < 1.29 is 32.5 Å². The molecule has 5 rings (SSSR count). The van der Waals surface area contributed by atoms with Gasteiger partial charge in [-0.2, -0.15) is 13.2 Å². The molecule has 41 heavy (non-hydrogen) atoms. The van der Waals surface area contributed by atoms with Crippen LogP contribution in [0.25, 0.3) is 0 Å². The highest BCUT2D eigenvalue weighted by atomic mass is 35.5. The zero-order chi connectivity index (χ0) is 29.9. The van der Waals surface area contributed by atoms with E-state index in [2.05, 4.69) is 5.16 Å². The fraction of sp³-hybridized carbons (Fsp3) is 0.310. The van der Waals surface area contributed by atoms with Crippen LogP contribution in [0.5, 0.6) is 0 Å². The molecule has 2 aliphatic rings. The fourth-order valence-electron chi connectivity index (χ4n) is 5.35. The van der Waals surface area contributed by atoms with E-state index in [0.717, 1.165) is 23.3 Å². The number of carbonyl (C=O) groups is 1. The molecule has 1 atom stereocenters. The molecule has 3 aromatic rings. The number of fused-ring (bicyclic) bond motifs is 1. The van der Waals surface area contributed by atoms with E-state index >= 15 is 0 Å². The molecule has 3 aromatic carbocycles. The molecule has 2 heterocycles. The molecule has 0 fully saturated rings. The van der Waals surface area contributed by atoms with Gasteiger partial charge in [0.05, 0.1) is 11.3 Å². The number of carbonyl (C=O) groups excluding carboxylic acids is 1. The van der Waals surface area contributed by atoms with E-state index in [1.54, 1.807) is 32.2 Å². The SMILES string of the molecule is Cc1cc(C2=NOC(c3cc(Cl)cc(Cl)c3)(C(F)(F)F)C2)ccc1C(=O)N(C)Cc1ccc2c(c1)B(O)OC2(C)C. The minimum absolute atomic E-state index is 0.0456. The minimum Gasteiger partial charge on any atom is -0.423 e. The van der Waals surface area contributed by atoms with Gasteiger partial charge < -0.3 is 19.4 Å². The average molecular weight is 605 g/mol. The second-order valence-electron chi connectivity index (χ2n) is 10.9. The van der Waals surface area contributed by atoms with Crippen LogP contribution >= 0.6 is 23.2 Å². The van der Waals surface area contributed by atoms with Crippen LogP contribution in [0.1, 0.15) is 58.4 Å². The largest absolute Gasteiger partial charge is 0.492 e. The lowest BCUT2D eigenvalue weighted by atomic mass is 9.77. The Labute approximate surface area is 245 Å². The topological polar surface area (TPSA) is 71.4 Å². The van der Waals surface area contributed by atoms with Crippen LogP contribution < -0.4 is 5.46 Å². The Morgan fingerprint density at radius 3 is 2.41 bits per heavy atom. The number of hydrogen-bond acceptors (Lipinski definition) is 5. The van der Waals surface area contributed by atoms with Crippen LogP contribution in [0, 0.1) is 6.92 Å². The summed E-state index contributed by atoms with van der Waals surface area (Å²) in [7, 11) is 0.618. The third-order valence-electron chi connectivity index (χ3n) is 7.51. The number of alkyl halides is 3. The molecule has 0 saturated heterocycles. The smallest absolute Gasteiger partial charge is 0.423 e. The molecular weight excluding hydrogens is 579 g/mol. The molecule has 0 bridgehead atoms. The summed E-state index contributed by atoms with van der Waals surface area (Å²) in [4.78, 5) is 19.9. The second kappa shape index (κ2) is 10.3. The number of amides is 1. The van der Waals surface area contributed by atoms with Gasteiger partial charge >= 0.3 is 13.3 Å². The predicted octanol–water partition coefficient (Wildman–Crippen LogP) is 6.11. The molecule has 0 aliphatic carbocycles. The van der Waals surface area contributed by atoms with Gasteiger partial charge in [0.1, 0.15) is 0 Å². The van der Waals surface area contributed by atoms with Gasteiger partial charge in [-0.1, -0.05) is 52.6 Å². The van der Waals surface area contributed by atoms with Crippen molar-refractivity contribution in [2.75, 3.05) is 7.05 Å². The van der Waals surface area contributed by atoms with Gasteiger partial charge in [0.2, 0.25) is 0 Å². The van der Waals surface area contributed by atoms with Crippen molar-refractivity contribution in [3.05, 3.63) is 98.0 Å². The first kappa shape index (κ1) is 29.4. The number of hydrogen-bond donors (Lipinski definition) is 1. The Balaban J connectivity index is 1.35. The first-order valence-electron chi connectivity index (χ1n) is 12.8. The van der Waals surface area contributed by atoms with E-state index in [-0.39, 0.29) is 33.8 Å².